The van der Waals surface area contributed by atoms with Crippen molar-refractivity contribution in [3.8, 4) is 0 Å². The van der Waals surface area contributed by atoms with Crippen molar-refractivity contribution >= 4 is 0 Å². The van der Waals surface area contributed by atoms with Gasteiger partial charge in [-0.3, -0.25) is 0 Å². The van der Waals surface area contributed by atoms with Crippen molar-refractivity contribution < 1.29 is 29.5 Å². The van der Waals surface area contributed by atoms with E-state index in [1.807, 2.05) is 6.92 Å². The zero-order valence-corrected chi connectivity index (χ0v) is 5.11. The van der Waals surface area contributed by atoms with Crippen LogP contribution in [0.2, 0.25) is 0 Å². The molecule has 0 saturated heterocycles. The number of hydrogen-bond donors (Lipinski definition) is 0. The fraction of sp³-hybridized carbons (Fsp3) is 0.667. The van der Waals surface area contributed by atoms with E-state index in [0.29, 0.717) is 0 Å². The molecule has 0 heterocycles. The summed E-state index contributed by atoms with van der Waals surface area (Å²) in [6.07, 6.45) is 1.00. The molecular weight excluding hydrogens is 126 g/mol. The van der Waals surface area contributed by atoms with E-state index in [0.717, 1.165) is 6.42 Å². The molecule has 1 radical (unpaired) electrons. The summed E-state index contributed by atoms with van der Waals surface area (Å²) in [6.45, 7) is 5.50. The molecule has 0 fully saturated rings. The predicted molar refractivity (Wildman–Crippen MR) is 15.6 cm³/mol. The summed E-state index contributed by atoms with van der Waals surface area (Å²) in [7, 11) is 0. The number of hydrogen-bond acceptors (Lipinski definition) is 0. The Balaban J connectivity index is -0.0000000200. The van der Waals surface area contributed by atoms with Crippen LogP contribution in [0, 0.1) is 6.92 Å². The van der Waals surface area contributed by atoms with Gasteiger partial charge in [-0.15, -0.1) is 0 Å². The van der Waals surface area contributed by atoms with E-state index in [-0.39, 0.29) is 29.5 Å². The maximum absolute atomic E-state index is 3.49. The van der Waals surface area contributed by atoms with Gasteiger partial charge in [0.1, 0.15) is 0 Å². The first kappa shape index (κ1) is 17.0. The van der Waals surface area contributed by atoms with Gasteiger partial charge >= 0.3 is 17.1 Å². The van der Waals surface area contributed by atoms with Crippen molar-refractivity contribution in [1.29, 1.82) is 0 Å². The van der Waals surface area contributed by atoms with Crippen LogP contribution in [0.1, 0.15) is 13.3 Å². The largest absolute Gasteiger partial charge is 2.00 e. The van der Waals surface area contributed by atoms with E-state index in [1.54, 1.807) is 0 Å². The van der Waals surface area contributed by atoms with Gasteiger partial charge < -0.3 is 19.3 Å². The smallest absolute Gasteiger partial charge is 1.00 e. The van der Waals surface area contributed by atoms with E-state index in [2.05, 4.69) is 6.92 Å². The van der Waals surface area contributed by atoms with Crippen molar-refractivity contribution in [2.75, 3.05) is 0 Å². The van der Waals surface area contributed by atoms with Crippen molar-refractivity contribution in [3.05, 3.63) is 6.92 Å². The van der Waals surface area contributed by atoms with E-state index < -0.39 is 0 Å². The molecule has 0 spiro atoms. The van der Waals surface area contributed by atoms with Crippen LogP contribution in [0.25, 0.3) is 0 Å². The van der Waals surface area contributed by atoms with Gasteiger partial charge in [-0.25, -0.2) is 0 Å². The van der Waals surface area contributed by atoms with E-state index >= 15 is 0 Å². The second-order valence-corrected chi connectivity index (χ2v) is 0.500. The average Bonchev–Trinajstić information content (AvgIpc) is 0.918. The summed E-state index contributed by atoms with van der Waals surface area (Å²) in [6, 6.07) is 0. The molecule has 0 aliphatic heterocycles. The molecule has 0 unspecified atom stereocenters. The third-order valence-electron chi connectivity index (χ3n) is 0. The van der Waals surface area contributed by atoms with Crippen LogP contribution >= 0.6 is 0 Å². The Morgan fingerprint density at radius 3 is 1.60 bits per heavy atom. The minimum absolute atomic E-state index is 0. The Hall–Kier alpha value is 0.809. The number of halogens is 1. The first-order valence-electron chi connectivity index (χ1n) is 1.21. The molecule has 0 amide bonds. The topological polar surface area (TPSA) is 0 Å². The molecule has 0 nitrogen and oxygen atoms in total. The fourth-order valence-corrected chi connectivity index (χ4v) is 0. The molecule has 0 bridgehead atoms. The Morgan fingerprint density at radius 2 is 1.60 bits per heavy atom. The summed E-state index contributed by atoms with van der Waals surface area (Å²) in [5, 5.41) is 0. The molecule has 5 heavy (non-hydrogen) atoms. The summed E-state index contributed by atoms with van der Waals surface area (Å²) < 4.78 is 0. The molecule has 0 saturated carbocycles. The SMILES string of the molecule is [CH2-]CC.[Cl-].[Mn+2]. The third kappa shape index (κ3) is 57.9. The Kier molecular flexibility index (Phi) is 72.6. The monoisotopic (exact) mass is 133 g/mol. The van der Waals surface area contributed by atoms with Crippen LogP contribution < -0.4 is 12.4 Å². The fourth-order valence-electron chi connectivity index (χ4n) is 0. The quantitative estimate of drug-likeness (QED) is 0.271. The van der Waals surface area contributed by atoms with Gasteiger partial charge in [0.15, 0.2) is 0 Å². The predicted octanol–water partition coefficient (Wildman–Crippen LogP) is -1.77. The Morgan fingerprint density at radius 1 is 1.60 bits per heavy atom. The normalized spacial score (nSPS) is 3.60. The van der Waals surface area contributed by atoms with E-state index in [9.17, 15) is 0 Å². The third-order valence-corrected chi connectivity index (χ3v) is 0. The number of rotatable bonds is 0. The molecule has 0 atom stereocenters. The Labute approximate surface area is 50.2 Å². The van der Waals surface area contributed by atoms with Crippen molar-refractivity contribution in [1.82, 2.24) is 0 Å². The van der Waals surface area contributed by atoms with Gasteiger partial charge in [-0.2, -0.15) is 6.42 Å². The van der Waals surface area contributed by atoms with Crippen molar-refractivity contribution in [3.63, 3.8) is 0 Å². The molecule has 33 valence electrons. The maximum Gasteiger partial charge on any atom is 2.00 e. The van der Waals surface area contributed by atoms with Crippen LogP contribution in [0.5, 0.6) is 0 Å². The van der Waals surface area contributed by atoms with Crippen LogP contribution in [0.3, 0.4) is 0 Å². The van der Waals surface area contributed by atoms with Crippen LogP contribution in [-0.4, -0.2) is 0 Å². The van der Waals surface area contributed by atoms with E-state index in [4.69, 9.17) is 0 Å². The minimum Gasteiger partial charge on any atom is -1.00 e. The first-order chi connectivity index (χ1) is 1.41. The molecule has 0 aliphatic carbocycles. The molecule has 0 N–H and O–H groups in total. The maximum atomic E-state index is 3.49. The van der Waals surface area contributed by atoms with Gasteiger partial charge in [0.25, 0.3) is 0 Å². The van der Waals surface area contributed by atoms with Gasteiger partial charge in [0, 0.05) is 0 Å². The summed E-state index contributed by atoms with van der Waals surface area (Å²) in [5.74, 6) is 0. The second kappa shape index (κ2) is 21.3. The molecule has 0 aromatic carbocycles. The summed E-state index contributed by atoms with van der Waals surface area (Å²) >= 11 is 0. The zero-order valence-electron chi connectivity index (χ0n) is 3.17. The van der Waals surface area contributed by atoms with Crippen LogP contribution in [0.15, 0.2) is 0 Å². The van der Waals surface area contributed by atoms with E-state index in [1.165, 1.54) is 0 Å². The van der Waals surface area contributed by atoms with Gasteiger partial charge in [-0.05, 0) is 0 Å². The second-order valence-electron chi connectivity index (χ2n) is 0.500. The standard InChI is InChI=1S/C3H7.ClH.Mn/c1-3-2;;/h1,3H2,2H3;1H;/q-1;;+2/p-1. The molecule has 0 rings (SSSR count). The van der Waals surface area contributed by atoms with Crippen LogP contribution in [-0.2, 0) is 17.1 Å². The van der Waals surface area contributed by atoms with Crippen molar-refractivity contribution in [2.45, 2.75) is 13.3 Å². The molecule has 0 aliphatic rings. The van der Waals surface area contributed by atoms with Crippen LogP contribution in [0.4, 0.5) is 0 Å². The summed E-state index contributed by atoms with van der Waals surface area (Å²) in [4.78, 5) is 0. The minimum atomic E-state index is 0. The molecule has 0 aromatic heterocycles. The average molecular weight is 133 g/mol. The molecule has 0 aromatic rings. The Bertz CT molecular complexity index is 6.85. The molecular formula is C3H7ClMn. The van der Waals surface area contributed by atoms with Gasteiger partial charge in [0.05, 0.1) is 0 Å². The zero-order chi connectivity index (χ0) is 2.71. The first-order valence-corrected chi connectivity index (χ1v) is 1.21. The van der Waals surface area contributed by atoms with Crippen molar-refractivity contribution in [2.24, 2.45) is 0 Å². The molecule has 2 heteroatoms. The summed E-state index contributed by atoms with van der Waals surface area (Å²) in [5.41, 5.74) is 0. The van der Waals surface area contributed by atoms with Gasteiger partial charge in [0.2, 0.25) is 0 Å². The van der Waals surface area contributed by atoms with Gasteiger partial charge in [-0.1, -0.05) is 6.92 Å².